The van der Waals surface area contributed by atoms with E-state index in [0.717, 1.165) is 33.4 Å². The second-order valence-electron chi connectivity index (χ2n) is 5.01. The average molecular weight is 283 g/mol. The molecule has 0 saturated carbocycles. The van der Waals surface area contributed by atoms with Gasteiger partial charge in [0.1, 0.15) is 18.1 Å². The number of fused-ring (bicyclic) bond motifs is 3. The normalized spacial score (nSPS) is 13.1. The first-order valence-corrected chi connectivity index (χ1v) is 6.85. The summed E-state index contributed by atoms with van der Waals surface area (Å²) in [5.41, 5.74) is 1.98. The molecule has 0 aromatic heterocycles. The molecular formula is C17H17NO3. The molecule has 0 atom stereocenters. The minimum absolute atomic E-state index is 0.00822. The Balaban J connectivity index is 2.09. The molecule has 0 saturated heterocycles. The number of carbonyl (C=O) groups is 1. The van der Waals surface area contributed by atoms with Crippen molar-refractivity contribution < 1.29 is 14.3 Å². The molecule has 108 valence electrons. The molecule has 1 amide bonds. The van der Waals surface area contributed by atoms with E-state index >= 15 is 0 Å². The van der Waals surface area contributed by atoms with Gasteiger partial charge in [0, 0.05) is 12.6 Å². The third kappa shape index (κ3) is 2.57. The first-order valence-electron chi connectivity index (χ1n) is 6.85. The standard InChI is InChI=1S/C17H17NO3/c1-18-17(19)8-11-7-15-14-9-13(20-2)5-3-12(14)4-6-16(15)21-10-11/h3-7,9H,8,10H2,1-2H3,(H,18,19). The molecule has 4 nitrogen and oxygen atoms in total. The molecule has 0 fully saturated rings. The minimum Gasteiger partial charge on any atom is -0.497 e. The molecule has 0 bridgehead atoms. The Labute approximate surface area is 123 Å². The van der Waals surface area contributed by atoms with E-state index in [2.05, 4.69) is 11.4 Å². The monoisotopic (exact) mass is 283 g/mol. The van der Waals surface area contributed by atoms with Gasteiger partial charge in [-0.25, -0.2) is 0 Å². The lowest BCUT2D eigenvalue weighted by Gasteiger charge is -2.19. The van der Waals surface area contributed by atoms with Gasteiger partial charge in [-0.3, -0.25) is 4.79 Å². The van der Waals surface area contributed by atoms with E-state index in [0.29, 0.717) is 13.0 Å². The summed E-state index contributed by atoms with van der Waals surface area (Å²) >= 11 is 0. The molecule has 0 aliphatic carbocycles. The second-order valence-corrected chi connectivity index (χ2v) is 5.01. The van der Waals surface area contributed by atoms with Crippen LogP contribution in [-0.4, -0.2) is 26.7 Å². The summed E-state index contributed by atoms with van der Waals surface area (Å²) in [7, 11) is 3.29. The largest absolute Gasteiger partial charge is 0.497 e. The Kier molecular flexibility index (Phi) is 3.52. The number of amides is 1. The van der Waals surface area contributed by atoms with Crippen LogP contribution in [0.2, 0.25) is 0 Å². The van der Waals surface area contributed by atoms with Crippen LogP contribution in [0.1, 0.15) is 12.0 Å². The van der Waals surface area contributed by atoms with E-state index in [-0.39, 0.29) is 5.91 Å². The molecule has 2 aromatic carbocycles. The van der Waals surface area contributed by atoms with Crippen LogP contribution in [0.25, 0.3) is 16.8 Å². The molecule has 1 heterocycles. The van der Waals surface area contributed by atoms with Crippen LogP contribution in [0.3, 0.4) is 0 Å². The Morgan fingerprint density at radius 3 is 2.90 bits per heavy atom. The highest BCUT2D eigenvalue weighted by atomic mass is 16.5. The quantitative estimate of drug-likeness (QED) is 0.942. The SMILES string of the molecule is CNC(=O)CC1=Cc2c(ccc3ccc(OC)cc23)OC1. The van der Waals surface area contributed by atoms with Crippen LogP contribution >= 0.6 is 0 Å². The van der Waals surface area contributed by atoms with Gasteiger partial charge in [-0.15, -0.1) is 0 Å². The zero-order chi connectivity index (χ0) is 14.8. The molecule has 0 radical (unpaired) electrons. The lowest BCUT2D eigenvalue weighted by atomic mass is 9.98. The van der Waals surface area contributed by atoms with Gasteiger partial charge >= 0.3 is 0 Å². The smallest absolute Gasteiger partial charge is 0.223 e. The summed E-state index contributed by atoms with van der Waals surface area (Å²) in [5.74, 6) is 1.64. The van der Waals surface area contributed by atoms with Crippen LogP contribution < -0.4 is 14.8 Å². The highest BCUT2D eigenvalue weighted by Gasteiger charge is 2.16. The molecule has 4 heteroatoms. The summed E-state index contributed by atoms with van der Waals surface area (Å²) < 4.78 is 11.1. The maximum absolute atomic E-state index is 11.5. The van der Waals surface area contributed by atoms with E-state index in [9.17, 15) is 4.79 Å². The number of benzene rings is 2. The Bertz CT molecular complexity index is 734. The fraction of sp³-hybridized carbons (Fsp3) is 0.235. The van der Waals surface area contributed by atoms with Gasteiger partial charge in [-0.05, 0) is 40.6 Å². The van der Waals surface area contributed by atoms with Crippen LogP contribution in [0.5, 0.6) is 11.5 Å². The van der Waals surface area contributed by atoms with Crippen molar-refractivity contribution in [3.05, 3.63) is 41.5 Å². The minimum atomic E-state index is -0.00822. The van der Waals surface area contributed by atoms with E-state index < -0.39 is 0 Å². The predicted molar refractivity (Wildman–Crippen MR) is 82.7 cm³/mol. The van der Waals surface area contributed by atoms with Crippen molar-refractivity contribution in [2.45, 2.75) is 6.42 Å². The Morgan fingerprint density at radius 1 is 1.33 bits per heavy atom. The molecule has 0 unspecified atom stereocenters. The molecule has 0 spiro atoms. The average Bonchev–Trinajstić information content (AvgIpc) is 2.54. The van der Waals surface area contributed by atoms with Crippen LogP contribution in [-0.2, 0) is 4.79 Å². The molecular weight excluding hydrogens is 266 g/mol. The second kappa shape index (κ2) is 5.48. The number of nitrogens with one attached hydrogen (secondary N) is 1. The van der Waals surface area contributed by atoms with Crippen molar-refractivity contribution in [3.63, 3.8) is 0 Å². The maximum atomic E-state index is 11.5. The number of carbonyl (C=O) groups excluding carboxylic acids is 1. The van der Waals surface area contributed by atoms with Crippen LogP contribution in [0, 0.1) is 0 Å². The summed E-state index contributed by atoms with van der Waals surface area (Å²) in [4.78, 5) is 11.5. The molecule has 1 aliphatic rings. The molecule has 21 heavy (non-hydrogen) atoms. The van der Waals surface area contributed by atoms with Crippen molar-refractivity contribution >= 4 is 22.8 Å². The molecule has 1 aliphatic heterocycles. The first kappa shape index (κ1) is 13.5. The topological polar surface area (TPSA) is 47.6 Å². The van der Waals surface area contributed by atoms with Crippen molar-refractivity contribution in [3.8, 4) is 11.5 Å². The Hall–Kier alpha value is -2.49. The highest BCUT2D eigenvalue weighted by Crippen LogP contribution is 2.35. The van der Waals surface area contributed by atoms with Crippen LogP contribution in [0.4, 0.5) is 0 Å². The van der Waals surface area contributed by atoms with Gasteiger partial charge < -0.3 is 14.8 Å². The van der Waals surface area contributed by atoms with Gasteiger partial charge in [0.15, 0.2) is 0 Å². The highest BCUT2D eigenvalue weighted by molar-refractivity contribution is 5.95. The van der Waals surface area contributed by atoms with Gasteiger partial charge in [0.2, 0.25) is 5.91 Å². The van der Waals surface area contributed by atoms with Gasteiger partial charge in [-0.1, -0.05) is 12.1 Å². The zero-order valence-electron chi connectivity index (χ0n) is 12.1. The van der Waals surface area contributed by atoms with E-state index in [1.807, 2.05) is 30.3 Å². The van der Waals surface area contributed by atoms with Gasteiger partial charge in [0.05, 0.1) is 13.5 Å². The number of methoxy groups -OCH3 is 1. The summed E-state index contributed by atoms with van der Waals surface area (Å²) in [5, 5.41) is 4.83. The number of hydrogen-bond acceptors (Lipinski definition) is 3. The zero-order valence-corrected chi connectivity index (χ0v) is 12.1. The van der Waals surface area contributed by atoms with Gasteiger partial charge in [-0.2, -0.15) is 0 Å². The van der Waals surface area contributed by atoms with Crippen molar-refractivity contribution in [2.75, 3.05) is 20.8 Å². The van der Waals surface area contributed by atoms with Gasteiger partial charge in [0.25, 0.3) is 0 Å². The maximum Gasteiger partial charge on any atom is 0.223 e. The summed E-state index contributed by atoms with van der Waals surface area (Å²) in [6, 6.07) is 9.96. The van der Waals surface area contributed by atoms with E-state index in [1.54, 1.807) is 14.2 Å². The third-order valence-electron chi connectivity index (χ3n) is 3.66. The van der Waals surface area contributed by atoms with E-state index in [1.165, 1.54) is 0 Å². The van der Waals surface area contributed by atoms with Crippen molar-refractivity contribution in [1.29, 1.82) is 0 Å². The first-order chi connectivity index (χ1) is 10.2. The summed E-state index contributed by atoms with van der Waals surface area (Å²) in [6.45, 7) is 0.454. The molecule has 2 aromatic rings. The Morgan fingerprint density at radius 2 is 2.14 bits per heavy atom. The fourth-order valence-corrected chi connectivity index (χ4v) is 2.52. The predicted octanol–water partition coefficient (Wildman–Crippen LogP) is 2.76. The van der Waals surface area contributed by atoms with E-state index in [4.69, 9.17) is 9.47 Å². The van der Waals surface area contributed by atoms with Crippen molar-refractivity contribution in [1.82, 2.24) is 5.32 Å². The lowest BCUT2D eigenvalue weighted by Crippen LogP contribution is -2.20. The number of ether oxygens (including phenoxy) is 2. The lowest BCUT2D eigenvalue weighted by molar-refractivity contribution is -0.120. The number of hydrogen-bond donors (Lipinski definition) is 1. The number of rotatable bonds is 3. The van der Waals surface area contributed by atoms with Crippen LogP contribution in [0.15, 0.2) is 35.9 Å². The molecule has 3 rings (SSSR count). The molecule has 1 N–H and O–H groups in total. The van der Waals surface area contributed by atoms with Crippen molar-refractivity contribution in [2.24, 2.45) is 0 Å². The third-order valence-corrected chi connectivity index (χ3v) is 3.66. The summed E-state index contributed by atoms with van der Waals surface area (Å²) in [6.07, 6.45) is 2.41. The fourth-order valence-electron chi connectivity index (χ4n) is 2.52.